The van der Waals surface area contributed by atoms with Crippen molar-refractivity contribution in [2.24, 2.45) is 0 Å². The molecule has 2 heteroatoms. The minimum absolute atomic E-state index is 0.177. The summed E-state index contributed by atoms with van der Waals surface area (Å²) in [4.78, 5) is 0. The van der Waals surface area contributed by atoms with E-state index in [1.165, 1.54) is 17.2 Å². The summed E-state index contributed by atoms with van der Waals surface area (Å²) >= 11 is 0. The summed E-state index contributed by atoms with van der Waals surface area (Å²) in [6.45, 7) is 2.01. The molecule has 0 spiro atoms. The van der Waals surface area contributed by atoms with E-state index in [4.69, 9.17) is 0 Å². The highest BCUT2D eigenvalue weighted by Gasteiger charge is 2.18. The first-order valence-corrected chi connectivity index (χ1v) is 6.82. The van der Waals surface area contributed by atoms with E-state index in [1.54, 1.807) is 6.07 Å². The van der Waals surface area contributed by atoms with Crippen LogP contribution in [-0.4, -0.2) is 6.04 Å². The number of benzene rings is 2. The number of aryl methyl sites for hydroxylation is 2. The second-order valence-electron chi connectivity index (χ2n) is 5.31. The molecule has 1 unspecified atom stereocenters. The number of hydrogen-bond acceptors (Lipinski definition) is 1. The highest BCUT2D eigenvalue weighted by molar-refractivity contribution is 5.52. The Morgan fingerprint density at radius 2 is 1.89 bits per heavy atom. The molecule has 0 radical (unpaired) electrons. The molecule has 0 aliphatic heterocycles. The number of fused-ring (bicyclic) bond motifs is 1. The fourth-order valence-corrected chi connectivity index (χ4v) is 2.79. The number of rotatable bonds is 2. The number of nitrogens with one attached hydrogen (secondary N) is 1. The number of halogens is 1. The lowest BCUT2D eigenvalue weighted by Crippen LogP contribution is -2.27. The second-order valence-corrected chi connectivity index (χ2v) is 5.31. The van der Waals surface area contributed by atoms with Crippen LogP contribution in [0.25, 0.3) is 0 Å². The standard InChI is InChI=1S/C17H18FN/c1-12-6-8-15(18)11-17(12)19-16-9-7-13-4-2-3-5-14(13)10-16/h2-6,8,11,16,19H,7,9-10H2,1H3. The van der Waals surface area contributed by atoms with Gasteiger partial charge in [0.15, 0.2) is 0 Å². The molecule has 1 nitrogen and oxygen atoms in total. The largest absolute Gasteiger partial charge is 0.382 e. The van der Waals surface area contributed by atoms with Crippen molar-refractivity contribution in [2.75, 3.05) is 5.32 Å². The van der Waals surface area contributed by atoms with E-state index in [1.807, 2.05) is 13.0 Å². The van der Waals surface area contributed by atoms with Gasteiger partial charge in [-0.25, -0.2) is 4.39 Å². The topological polar surface area (TPSA) is 12.0 Å². The lowest BCUT2D eigenvalue weighted by Gasteiger charge is -2.27. The molecule has 0 fully saturated rings. The minimum atomic E-state index is -0.177. The van der Waals surface area contributed by atoms with Gasteiger partial charge in [-0.1, -0.05) is 30.3 Å². The van der Waals surface area contributed by atoms with Crippen LogP contribution < -0.4 is 5.32 Å². The zero-order valence-electron chi connectivity index (χ0n) is 11.1. The third-order valence-corrected chi connectivity index (χ3v) is 3.91. The molecule has 2 aromatic carbocycles. The third kappa shape index (κ3) is 2.62. The molecule has 19 heavy (non-hydrogen) atoms. The molecule has 98 valence electrons. The molecule has 3 rings (SSSR count). The smallest absolute Gasteiger partial charge is 0.125 e. The van der Waals surface area contributed by atoms with E-state index in [9.17, 15) is 4.39 Å². The van der Waals surface area contributed by atoms with Crippen LogP contribution in [0.3, 0.4) is 0 Å². The molecular weight excluding hydrogens is 237 g/mol. The number of anilines is 1. The van der Waals surface area contributed by atoms with Crippen LogP contribution in [0.5, 0.6) is 0 Å². The summed E-state index contributed by atoms with van der Waals surface area (Å²) in [6.07, 6.45) is 3.22. The van der Waals surface area contributed by atoms with E-state index < -0.39 is 0 Å². The van der Waals surface area contributed by atoms with Gasteiger partial charge in [-0.05, 0) is 55.0 Å². The van der Waals surface area contributed by atoms with Crippen molar-refractivity contribution in [3.8, 4) is 0 Å². The Morgan fingerprint density at radius 3 is 2.74 bits per heavy atom. The van der Waals surface area contributed by atoms with Crippen molar-refractivity contribution in [2.45, 2.75) is 32.2 Å². The zero-order chi connectivity index (χ0) is 13.2. The molecule has 1 atom stereocenters. The molecule has 0 saturated carbocycles. The Hall–Kier alpha value is -1.83. The average Bonchev–Trinajstić information content (AvgIpc) is 2.43. The van der Waals surface area contributed by atoms with E-state index in [2.05, 4.69) is 29.6 Å². The first-order valence-electron chi connectivity index (χ1n) is 6.82. The molecule has 2 aromatic rings. The first kappa shape index (κ1) is 12.2. The molecule has 1 N–H and O–H groups in total. The Labute approximate surface area is 113 Å². The molecule has 0 saturated heterocycles. The maximum atomic E-state index is 13.3. The fourth-order valence-electron chi connectivity index (χ4n) is 2.79. The van der Waals surface area contributed by atoms with Crippen LogP contribution >= 0.6 is 0 Å². The van der Waals surface area contributed by atoms with Crippen LogP contribution in [0.2, 0.25) is 0 Å². The molecule has 1 aliphatic rings. The molecular formula is C17H18FN. The van der Waals surface area contributed by atoms with Crippen LogP contribution in [0.15, 0.2) is 42.5 Å². The van der Waals surface area contributed by atoms with Gasteiger partial charge in [-0.2, -0.15) is 0 Å². The second kappa shape index (κ2) is 5.04. The van der Waals surface area contributed by atoms with Crippen molar-refractivity contribution in [3.63, 3.8) is 0 Å². The van der Waals surface area contributed by atoms with Gasteiger partial charge in [0.25, 0.3) is 0 Å². The molecule has 0 amide bonds. The van der Waals surface area contributed by atoms with Gasteiger partial charge in [-0.15, -0.1) is 0 Å². The Balaban J connectivity index is 1.77. The van der Waals surface area contributed by atoms with Crippen molar-refractivity contribution >= 4 is 5.69 Å². The van der Waals surface area contributed by atoms with Crippen LogP contribution in [0.1, 0.15) is 23.1 Å². The van der Waals surface area contributed by atoms with Crippen LogP contribution in [-0.2, 0) is 12.8 Å². The van der Waals surface area contributed by atoms with Gasteiger partial charge in [-0.3, -0.25) is 0 Å². The average molecular weight is 255 g/mol. The quantitative estimate of drug-likeness (QED) is 0.851. The van der Waals surface area contributed by atoms with Crippen LogP contribution in [0.4, 0.5) is 10.1 Å². The summed E-state index contributed by atoms with van der Waals surface area (Å²) < 4.78 is 13.3. The minimum Gasteiger partial charge on any atom is -0.382 e. The molecule has 0 heterocycles. The van der Waals surface area contributed by atoms with Crippen LogP contribution in [0, 0.1) is 12.7 Å². The maximum absolute atomic E-state index is 13.3. The maximum Gasteiger partial charge on any atom is 0.125 e. The van der Waals surface area contributed by atoms with E-state index in [0.717, 1.165) is 30.5 Å². The number of hydrogen-bond donors (Lipinski definition) is 1. The van der Waals surface area contributed by atoms with Gasteiger partial charge in [0.05, 0.1) is 0 Å². The SMILES string of the molecule is Cc1ccc(F)cc1NC1CCc2ccccc2C1. The van der Waals surface area contributed by atoms with E-state index in [-0.39, 0.29) is 5.82 Å². The zero-order valence-corrected chi connectivity index (χ0v) is 11.1. The lowest BCUT2D eigenvalue weighted by molar-refractivity contribution is 0.606. The van der Waals surface area contributed by atoms with Gasteiger partial charge >= 0.3 is 0 Å². The van der Waals surface area contributed by atoms with Gasteiger partial charge in [0, 0.05) is 11.7 Å². The van der Waals surface area contributed by atoms with Crippen molar-refractivity contribution in [1.29, 1.82) is 0 Å². The summed E-state index contributed by atoms with van der Waals surface area (Å²) in [6, 6.07) is 13.9. The molecule has 0 aromatic heterocycles. The van der Waals surface area contributed by atoms with E-state index in [0.29, 0.717) is 6.04 Å². The molecule has 0 bridgehead atoms. The van der Waals surface area contributed by atoms with Gasteiger partial charge in [0.2, 0.25) is 0 Å². The Morgan fingerprint density at radius 1 is 1.11 bits per heavy atom. The Kier molecular flexibility index (Phi) is 3.24. The summed E-state index contributed by atoms with van der Waals surface area (Å²) in [5.41, 5.74) is 4.89. The highest BCUT2D eigenvalue weighted by atomic mass is 19.1. The summed E-state index contributed by atoms with van der Waals surface area (Å²) in [5.74, 6) is -0.177. The first-order chi connectivity index (χ1) is 9.22. The summed E-state index contributed by atoms with van der Waals surface area (Å²) in [7, 11) is 0. The normalized spacial score (nSPS) is 17.9. The van der Waals surface area contributed by atoms with Crippen molar-refractivity contribution in [3.05, 3.63) is 65.0 Å². The highest BCUT2D eigenvalue weighted by Crippen LogP contribution is 2.25. The third-order valence-electron chi connectivity index (χ3n) is 3.91. The molecule has 1 aliphatic carbocycles. The predicted octanol–water partition coefficient (Wildman–Crippen LogP) is 4.10. The van der Waals surface area contributed by atoms with Crippen molar-refractivity contribution in [1.82, 2.24) is 0 Å². The van der Waals surface area contributed by atoms with Gasteiger partial charge in [0.1, 0.15) is 5.82 Å². The van der Waals surface area contributed by atoms with E-state index >= 15 is 0 Å². The summed E-state index contributed by atoms with van der Waals surface area (Å²) in [5, 5.41) is 3.49. The predicted molar refractivity (Wildman–Crippen MR) is 77.0 cm³/mol. The monoisotopic (exact) mass is 255 g/mol. The fraction of sp³-hybridized carbons (Fsp3) is 0.294. The Bertz CT molecular complexity index is 592. The van der Waals surface area contributed by atoms with Crippen molar-refractivity contribution < 1.29 is 4.39 Å². The lowest BCUT2D eigenvalue weighted by atomic mass is 9.88. The van der Waals surface area contributed by atoms with Gasteiger partial charge < -0.3 is 5.32 Å².